The third kappa shape index (κ3) is 6.56. The van der Waals surface area contributed by atoms with Crippen LogP contribution in [0.5, 0.6) is 0 Å². The van der Waals surface area contributed by atoms with Crippen LogP contribution in [0, 0.1) is 23.7 Å². The number of carbonyl (C=O) groups excluding carboxylic acids is 3. The van der Waals surface area contributed by atoms with Gasteiger partial charge in [-0.05, 0) is 57.1 Å². The number of esters is 3. The number of fused-ring (bicyclic) bond motifs is 1. The van der Waals surface area contributed by atoms with Gasteiger partial charge < -0.3 is 19.3 Å². The Hall–Kier alpha value is -2.41. The third-order valence-electron chi connectivity index (χ3n) is 6.76. The molecular weight excluding hydrogens is 424 g/mol. The van der Waals surface area contributed by atoms with E-state index in [0.717, 1.165) is 23.1 Å². The number of aliphatic hydroxyl groups excluding tert-OH is 1. The van der Waals surface area contributed by atoms with Crippen LogP contribution in [0.25, 0.3) is 0 Å². The zero-order valence-corrected chi connectivity index (χ0v) is 20.8. The van der Waals surface area contributed by atoms with Gasteiger partial charge in [0, 0.05) is 32.6 Å². The highest BCUT2D eigenvalue weighted by Gasteiger charge is 2.49. The molecule has 184 valence electrons. The molecule has 2 aliphatic carbocycles. The molecular formula is C26H38O7. The van der Waals surface area contributed by atoms with E-state index in [1.54, 1.807) is 6.08 Å². The molecule has 0 radical (unpaired) electrons. The lowest BCUT2D eigenvalue weighted by Gasteiger charge is -2.38. The lowest BCUT2D eigenvalue weighted by molar-refractivity contribution is -0.169. The molecule has 1 N–H and O–H groups in total. The molecule has 0 aliphatic heterocycles. The number of rotatable bonds is 7. The molecule has 7 heteroatoms. The summed E-state index contributed by atoms with van der Waals surface area (Å²) in [5, 5.41) is 11.6. The van der Waals surface area contributed by atoms with Crippen LogP contribution in [0.4, 0.5) is 0 Å². The molecule has 0 aromatic carbocycles. The summed E-state index contributed by atoms with van der Waals surface area (Å²) in [6, 6.07) is 0. The fourth-order valence-corrected chi connectivity index (χ4v) is 5.32. The fraction of sp³-hybridized carbons (Fsp3) is 0.654. The summed E-state index contributed by atoms with van der Waals surface area (Å²) in [7, 11) is 0. The van der Waals surface area contributed by atoms with E-state index < -0.39 is 54.2 Å². The Balaban J connectivity index is 2.51. The molecule has 8 atom stereocenters. The van der Waals surface area contributed by atoms with Crippen LogP contribution in [-0.2, 0) is 28.6 Å². The summed E-state index contributed by atoms with van der Waals surface area (Å²) in [6.07, 6.45) is 1.93. The normalized spacial score (nSPS) is 29.5. The second-order valence-electron chi connectivity index (χ2n) is 9.63. The minimum Gasteiger partial charge on any atom is -0.458 e. The summed E-state index contributed by atoms with van der Waals surface area (Å²) in [6.45, 7) is 15.8. The van der Waals surface area contributed by atoms with Gasteiger partial charge >= 0.3 is 17.9 Å². The van der Waals surface area contributed by atoms with Crippen molar-refractivity contribution in [1.82, 2.24) is 0 Å². The van der Waals surface area contributed by atoms with Crippen molar-refractivity contribution in [2.24, 2.45) is 23.7 Å². The van der Waals surface area contributed by atoms with Crippen LogP contribution in [0.3, 0.4) is 0 Å². The quantitative estimate of drug-likeness (QED) is 0.348. The molecule has 0 bridgehead atoms. The topological polar surface area (TPSA) is 99.1 Å². The molecule has 0 heterocycles. The van der Waals surface area contributed by atoms with Gasteiger partial charge in [0.1, 0.15) is 12.2 Å². The van der Waals surface area contributed by atoms with E-state index in [1.165, 1.54) is 20.8 Å². The maximum absolute atomic E-state index is 12.0. The molecule has 0 saturated heterocycles. The van der Waals surface area contributed by atoms with Crippen molar-refractivity contribution in [1.29, 1.82) is 0 Å². The predicted octanol–water partition coefficient (Wildman–Crippen LogP) is 3.90. The molecule has 0 spiro atoms. The second-order valence-corrected chi connectivity index (χ2v) is 9.63. The van der Waals surface area contributed by atoms with Crippen LogP contribution in [-0.4, -0.2) is 47.4 Å². The standard InChI is InChI=1S/C26H38O7/c1-13(2)11-23(32-18(7)28)26(33-19(8)29)16(5)21-12-22(31-17(6)27)15(4)20-10-9-14(3)24(20)25(21)30/h9,11,16,20-26,30H,4,10,12H2,1-3,5-8H3/t16-,20+,21+,22-,23+,24-,25-,26+/m1/s1. The number of aliphatic hydroxyl groups is 1. The predicted molar refractivity (Wildman–Crippen MR) is 124 cm³/mol. The minimum atomic E-state index is -0.825. The highest BCUT2D eigenvalue weighted by Crippen LogP contribution is 2.48. The molecule has 0 unspecified atom stereocenters. The van der Waals surface area contributed by atoms with Gasteiger partial charge in [-0.3, -0.25) is 14.4 Å². The lowest BCUT2D eigenvalue weighted by Crippen LogP contribution is -2.45. The highest BCUT2D eigenvalue weighted by atomic mass is 16.6. The Bertz CT molecular complexity index is 836. The first-order valence-corrected chi connectivity index (χ1v) is 11.5. The smallest absolute Gasteiger partial charge is 0.303 e. The van der Waals surface area contributed by atoms with Crippen molar-refractivity contribution in [3.63, 3.8) is 0 Å². The van der Waals surface area contributed by atoms with E-state index in [4.69, 9.17) is 14.2 Å². The summed E-state index contributed by atoms with van der Waals surface area (Å²) >= 11 is 0. The molecule has 2 rings (SSSR count). The molecule has 33 heavy (non-hydrogen) atoms. The minimum absolute atomic E-state index is 0.0317. The molecule has 0 amide bonds. The first-order chi connectivity index (χ1) is 15.3. The van der Waals surface area contributed by atoms with Crippen LogP contribution in [0.1, 0.15) is 61.3 Å². The maximum atomic E-state index is 12.0. The number of ether oxygens (including phenoxy) is 3. The summed E-state index contributed by atoms with van der Waals surface area (Å²) in [5.41, 5.74) is 2.76. The van der Waals surface area contributed by atoms with Gasteiger partial charge in [0.2, 0.25) is 0 Å². The van der Waals surface area contributed by atoms with Crippen LogP contribution in [0.15, 0.2) is 35.5 Å². The van der Waals surface area contributed by atoms with Gasteiger partial charge in [-0.25, -0.2) is 0 Å². The van der Waals surface area contributed by atoms with Gasteiger partial charge in [0.15, 0.2) is 6.10 Å². The maximum Gasteiger partial charge on any atom is 0.303 e. The Morgan fingerprint density at radius 2 is 1.70 bits per heavy atom. The Labute approximate surface area is 196 Å². The SMILES string of the molecule is C=C1[C@H](OC(C)=O)C[C@@H]([C@@H](C)[C@H](OC(C)=O)[C@H](C=C(C)C)OC(C)=O)[C@@H](O)[C@@H]2C(C)=CC[C@@H]12. The number of hydrogen-bond donors (Lipinski definition) is 1. The number of hydrogen-bond acceptors (Lipinski definition) is 7. The first-order valence-electron chi connectivity index (χ1n) is 11.5. The summed E-state index contributed by atoms with van der Waals surface area (Å²) in [4.78, 5) is 35.7. The van der Waals surface area contributed by atoms with Crippen molar-refractivity contribution >= 4 is 17.9 Å². The van der Waals surface area contributed by atoms with E-state index in [-0.39, 0.29) is 11.8 Å². The van der Waals surface area contributed by atoms with Gasteiger partial charge in [-0.2, -0.15) is 0 Å². The van der Waals surface area contributed by atoms with Gasteiger partial charge in [-0.1, -0.05) is 30.7 Å². The monoisotopic (exact) mass is 462 g/mol. The van der Waals surface area contributed by atoms with Crippen LogP contribution in [0.2, 0.25) is 0 Å². The lowest BCUT2D eigenvalue weighted by atomic mass is 9.75. The van der Waals surface area contributed by atoms with Crippen molar-refractivity contribution in [2.45, 2.75) is 85.7 Å². The Morgan fingerprint density at radius 3 is 2.21 bits per heavy atom. The first kappa shape index (κ1) is 26.8. The average molecular weight is 463 g/mol. The van der Waals surface area contributed by atoms with Gasteiger partial charge in [0.05, 0.1) is 6.10 Å². The van der Waals surface area contributed by atoms with Gasteiger partial charge in [-0.15, -0.1) is 0 Å². The van der Waals surface area contributed by atoms with E-state index in [0.29, 0.717) is 6.42 Å². The van der Waals surface area contributed by atoms with Crippen LogP contribution < -0.4 is 0 Å². The third-order valence-corrected chi connectivity index (χ3v) is 6.76. The summed E-state index contributed by atoms with van der Waals surface area (Å²) in [5.74, 6) is -2.44. The molecule has 2 aliphatic rings. The number of allylic oxidation sites excluding steroid dienone is 2. The van der Waals surface area contributed by atoms with E-state index in [9.17, 15) is 19.5 Å². The molecule has 0 aromatic heterocycles. The van der Waals surface area contributed by atoms with Crippen molar-refractivity contribution in [3.8, 4) is 0 Å². The molecule has 0 aromatic rings. The zero-order chi connectivity index (χ0) is 25.0. The van der Waals surface area contributed by atoms with E-state index in [1.807, 2.05) is 27.7 Å². The van der Waals surface area contributed by atoms with Crippen molar-refractivity contribution in [2.75, 3.05) is 0 Å². The van der Waals surface area contributed by atoms with E-state index >= 15 is 0 Å². The van der Waals surface area contributed by atoms with Gasteiger partial charge in [0.25, 0.3) is 0 Å². The Morgan fingerprint density at radius 1 is 1.09 bits per heavy atom. The van der Waals surface area contributed by atoms with Crippen molar-refractivity contribution in [3.05, 3.63) is 35.5 Å². The molecule has 7 nitrogen and oxygen atoms in total. The Kier molecular flexibility index (Phi) is 9.06. The average Bonchev–Trinajstić information content (AvgIpc) is 3.03. The number of carbonyl (C=O) groups is 3. The molecule has 1 fully saturated rings. The molecule has 1 saturated carbocycles. The highest BCUT2D eigenvalue weighted by molar-refractivity contribution is 5.68. The van der Waals surface area contributed by atoms with Crippen LogP contribution >= 0.6 is 0 Å². The zero-order valence-electron chi connectivity index (χ0n) is 20.8. The summed E-state index contributed by atoms with van der Waals surface area (Å²) < 4.78 is 16.8. The fourth-order valence-electron chi connectivity index (χ4n) is 5.32. The largest absolute Gasteiger partial charge is 0.458 e. The second kappa shape index (κ2) is 11.1. The van der Waals surface area contributed by atoms with Crippen molar-refractivity contribution < 1.29 is 33.7 Å². The van der Waals surface area contributed by atoms with E-state index in [2.05, 4.69) is 12.7 Å².